The van der Waals surface area contributed by atoms with E-state index in [1.165, 1.54) is 7.11 Å². The zero-order valence-electron chi connectivity index (χ0n) is 16.9. The number of carbonyl (C=O) groups excluding carboxylic acids is 1. The maximum absolute atomic E-state index is 12.6. The predicted molar refractivity (Wildman–Crippen MR) is 125 cm³/mol. The van der Waals surface area contributed by atoms with E-state index in [-0.39, 0.29) is 5.91 Å². The van der Waals surface area contributed by atoms with E-state index < -0.39 is 16.1 Å². The van der Waals surface area contributed by atoms with Crippen LogP contribution >= 0.6 is 35.0 Å². The van der Waals surface area contributed by atoms with Crippen LogP contribution in [0.3, 0.4) is 0 Å². The summed E-state index contributed by atoms with van der Waals surface area (Å²) in [6.07, 6.45) is 1.08. The van der Waals surface area contributed by atoms with E-state index in [9.17, 15) is 13.2 Å². The Balaban J connectivity index is 1.90. The van der Waals surface area contributed by atoms with Crippen LogP contribution < -0.4 is 14.4 Å². The van der Waals surface area contributed by atoms with Crippen LogP contribution in [0.4, 0.5) is 5.69 Å². The molecule has 0 aliphatic rings. The summed E-state index contributed by atoms with van der Waals surface area (Å²) in [6, 6.07) is 11.1. The molecule has 0 aromatic heterocycles. The fourth-order valence-corrected chi connectivity index (χ4v) is 5.05. The maximum atomic E-state index is 12.6. The molecule has 0 radical (unpaired) electrons. The second-order valence-corrected chi connectivity index (χ2v) is 10.3. The number of amides is 1. The quantitative estimate of drug-likeness (QED) is 0.504. The third kappa shape index (κ3) is 6.97. The molecule has 0 aliphatic carbocycles. The second-order valence-electron chi connectivity index (χ2n) is 6.52. The zero-order valence-corrected chi connectivity index (χ0v) is 20.0. The van der Waals surface area contributed by atoms with Gasteiger partial charge in [0.15, 0.2) is 0 Å². The second kappa shape index (κ2) is 11.1. The van der Waals surface area contributed by atoms with Gasteiger partial charge < -0.3 is 10.1 Å². The summed E-state index contributed by atoms with van der Waals surface area (Å²) in [6.45, 7) is 1.97. The highest BCUT2D eigenvalue weighted by atomic mass is 35.5. The van der Waals surface area contributed by atoms with E-state index in [1.807, 2.05) is 12.1 Å². The molecule has 2 aromatic rings. The minimum atomic E-state index is -3.66. The van der Waals surface area contributed by atoms with Crippen molar-refractivity contribution in [2.75, 3.05) is 30.0 Å². The molecule has 0 saturated heterocycles. The third-order valence-electron chi connectivity index (χ3n) is 4.21. The average Bonchev–Trinajstić information content (AvgIpc) is 2.69. The number of ether oxygens (including phenoxy) is 1. The largest absolute Gasteiger partial charge is 0.497 e. The minimum Gasteiger partial charge on any atom is -0.497 e. The number of anilines is 1. The number of nitrogens with one attached hydrogen (secondary N) is 1. The molecule has 0 aliphatic heterocycles. The fraction of sp³-hybridized carbons (Fsp3) is 0.350. The summed E-state index contributed by atoms with van der Waals surface area (Å²) < 4.78 is 30.8. The molecule has 1 atom stereocenters. The maximum Gasteiger partial charge on any atom is 0.243 e. The molecular formula is C20H24Cl2N2O4S2. The highest BCUT2D eigenvalue weighted by Gasteiger charge is 2.28. The van der Waals surface area contributed by atoms with E-state index >= 15 is 0 Å². The lowest BCUT2D eigenvalue weighted by Gasteiger charge is -2.28. The number of rotatable bonds is 10. The molecule has 1 amide bonds. The molecule has 0 heterocycles. The van der Waals surface area contributed by atoms with Crippen molar-refractivity contribution in [1.82, 2.24) is 5.32 Å². The van der Waals surface area contributed by atoms with Crippen LogP contribution in [-0.4, -0.2) is 46.0 Å². The van der Waals surface area contributed by atoms with E-state index in [0.29, 0.717) is 33.8 Å². The molecular weight excluding hydrogens is 467 g/mol. The van der Waals surface area contributed by atoms with Crippen LogP contribution in [0.15, 0.2) is 42.5 Å². The summed E-state index contributed by atoms with van der Waals surface area (Å²) in [5, 5.41) is 3.82. The molecule has 1 N–H and O–H groups in total. The van der Waals surface area contributed by atoms with Gasteiger partial charge >= 0.3 is 0 Å². The SMILES string of the molecule is COc1ccc(N([C@@H](C)C(=O)NCCSCc2ccc(Cl)c(Cl)c2)S(C)(=O)=O)cc1. The van der Waals surface area contributed by atoms with Gasteiger partial charge in [-0.2, -0.15) is 11.8 Å². The molecule has 0 bridgehead atoms. The minimum absolute atomic E-state index is 0.369. The van der Waals surface area contributed by atoms with Crippen molar-refractivity contribution < 1.29 is 17.9 Å². The smallest absolute Gasteiger partial charge is 0.243 e. The van der Waals surface area contributed by atoms with Crippen LogP contribution in [0.2, 0.25) is 10.0 Å². The average molecular weight is 491 g/mol. The van der Waals surface area contributed by atoms with Crippen molar-refractivity contribution >= 4 is 56.6 Å². The van der Waals surface area contributed by atoms with Gasteiger partial charge in [-0.25, -0.2) is 8.42 Å². The Labute approximate surface area is 191 Å². The number of methoxy groups -OCH3 is 1. The van der Waals surface area contributed by atoms with E-state index in [1.54, 1.807) is 49.0 Å². The van der Waals surface area contributed by atoms with Gasteiger partial charge in [-0.15, -0.1) is 0 Å². The Morgan fingerprint density at radius 3 is 2.40 bits per heavy atom. The first-order valence-corrected chi connectivity index (χ1v) is 12.8. The monoisotopic (exact) mass is 490 g/mol. The predicted octanol–water partition coefficient (Wildman–Crippen LogP) is 4.21. The Morgan fingerprint density at radius 1 is 1.17 bits per heavy atom. The first kappa shape index (κ1) is 24.7. The van der Waals surface area contributed by atoms with Crippen molar-refractivity contribution in [2.24, 2.45) is 0 Å². The molecule has 0 fully saturated rings. The first-order chi connectivity index (χ1) is 14.1. The lowest BCUT2D eigenvalue weighted by molar-refractivity contribution is -0.121. The summed E-state index contributed by atoms with van der Waals surface area (Å²) in [4.78, 5) is 12.6. The van der Waals surface area contributed by atoms with E-state index in [4.69, 9.17) is 27.9 Å². The van der Waals surface area contributed by atoms with Crippen LogP contribution in [-0.2, 0) is 20.6 Å². The number of sulfonamides is 1. The number of carbonyl (C=O) groups is 1. The molecule has 2 rings (SSSR count). The van der Waals surface area contributed by atoms with Crippen LogP contribution in [0.5, 0.6) is 5.75 Å². The normalized spacial score (nSPS) is 12.3. The lowest BCUT2D eigenvalue weighted by atomic mass is 10.2. The fourth-order valence-electron chi connectivity index (χ4n) is 2.75. The van der Waals surface area contributed by atoms with Crippen molar-refractivity contribution in [3.8, 4) is 5.75 Å². The number of thioether (sulfide) groups is 1. The van der Waals surface area contributed by atoms with Crippen LogP contribution in [0.25, 0.3) is 0 Å². The van der Waals surface area contributed by atoms with Gasteiger partial charge in [0.05, 0.1) is 29.1 Å². The van der Waals surface area contributed by atoms with Gasteiger partial charge in [-0.1, -0.05) is 29.3 Å². The van der Waals surface area contributed by atoms with Crippen LogP contribution in [0, 0.1) is 0 Å². The number of hydrogen-bond donors (Lipinski definition) is 1. The van der Waals surface area contributed by atoms with E-state index in [0.717, 1.165) is 21.9 Å². The van der Waals surface area contributed by atoms with Gasteiger partial charge in [0, 0.05) is 18.1 Å². The Hall–Kier alpha value is -1.61. The molecule has 0 saturated carbocycles. The molecule has 10 heteroatoms. The van der Waals surface area contributed by atoms with Crippen molar-refractivity contribution in [3.63, 3.8) is 0 Å². The Morgan fingerprint density at radius 2 is 1.83 bits per heavy atom. The van der Waals surface area contributed by atoms with Gasteiger partial charge in [-0.3, -0.25) is 9.10 Å². The van der Waals surface area contributed by atoms with Gasteiger partial charge in [-0.05, 0) is 48.9 Å². The molecule has 30 heavy (non-hydrogen) atoms. The number of halogens is 2. The number of nitrogens with zero attached hydrogens (tertiary/aromatic N) is 1. The van der Waals surface area contributed by atoms with E-state index in [2.05, 4.69) is 5.32 Å². The number of benzene rings is 2. The Kier molecular flexibility index (Phi) is 9.15. The van der Waals surface area contributed by atoms with Gasteiger partial charge in [0.25, 0.3) is 0 Å². The number of hydrogen-bond acceptors (Lipinski definition) is 5. The first-order valence-electron chi connectivity index (χ1n) is 9.06. The summed E-state index contributed by atoms with van der Waals surface area (Å²) in [5.74, 6) is 1.62. The van der Waals surface area contributed by atoms with Crippen molar-refractivity contribution in [3.05, 3.63) is 58.1 Å². The molecule has 164 valence electrons. The topological polar surface area (TPSA) is 75.7 Å². The lowest BCUT2D eigenvalue weighted by Crippen LogP contribution is -2.48. The highest BCUT2D eigenvalue weighted by Crippen LogP contribution is 2.25. The standard InChI is InChI=1S/C20H24Cl2N2O4S2/c1-14(24(30(3,26)27)16-5-7-17(28-2)8-6-16)20(25)23-10-11-29-13-15-4-9-18(21)19(22)12-15/h4-9,12,14H,10-11,13H2,1-3H3,(H,23,25)/t14-/m0/s1. The molecule has 0 unspecified atom stereocenters. The Bertz CT molecular complexity index is 969. The summed E-state index contributed by atoms with van der Waals surface area (Å²) in [7, 11) is -2.13. The van der Waals surface area contributed by atoms with Crippen molar-refractivity contribution in [2.45, 2.75) is 18.7 Å². The summed E-state index contributed by atoms with van der Waals surface area (Å²) in [5.41, 5.74) is 1.44. The van der Waals surface area contributed by atoms with Gasteiger partial charge in [0.2, 0.25) is 15.9 Å². The highest BCUT2D eigenvalue weighted by molar-refractivity contribution is 7.98. The van der Waals surface area contributed by atoms with Crippen molar-refractivity contribution in [1.29, 1.82) is 0 Å². The zero-order chi connectivity index (χ0) is 22.3. The molecule has 6 nitrogen and oxygen atoms in total. The molecule has 2 aromatic carbocycles. The molecule has 0 spiro atoms. The summed E-state index contributed by atoms with van der Waals surface area (Å²) >= 11 is 13.5. The third-order valence-corrected chi connectivity index (χ3v) is 7.22. The van der Waals surface area contributed by atoms with Gasteiger partial charge in [0.1, 0.15) is 11.8 Å². The van der Waals surface area contributed by atoms with Crippen LogP contribution in [0.1, 0.15) is 12.5 Å².